The van der Waals surface area contributed by atoms with Gasteiger partial charge in [-0.3, -0.25) is 14.4 Å². The molecule has 0 unspecified atom stereocenters. The number of carbonyl (C=O) groups is 2. The summed E-state index contributed by atoms with van der Waals surface area (Å²) in [4.78, 5) is 102. The Kier molecular flexibility index (Phi) is 31.2. The second-order valence-electron chi connectivity index (χ2n) is 24.6. The molecule has 6 aromatic heterocycles. The maximum atomic E-state index is 12.2. The quantitative estimate of drug-likeness (QED) is 0.0441. The highest BCUT2D eigenvalue weighted by Crippen LogP contribution is 2.38. The third-order valence-corrected chi connectivity index (χ3v) is 17.2. The van der Waals surface area contributed by atoms with Crippen LogP contribution >= 0.6 is 47.2 Å². The van der Waals surface area contributed by atoms with Crippen molar-refractivity contribution in [1.29, 1.82) is 0 Å². The summed E-state index contributed by atoms with van der Waals surface area (Å²) < 4.78 is 57.3. The zero-order chi connectivity index (χ0) is 81.7. The lowest BCUT2D eigenvalue weighted by molar-refractivity contribution is 0.0124. The molecule has 596 valence electrons. The Morgan fingerprint density at radius 2 is 0.743 bits per heavy atom. The smallest absolute Gasteiger partial charge is 0.410 e. The molecule has 8 N–H and O–H groups in total. The number of carboxylic acid groups (broad SMARTS) is 1. The van der Waals surface area contributed by atoms with Gasteiger partial charge in [-0.1, -0.05) is 34.8 Å². The third-order valence-electron chi connectivity index (χ3n) is 16.3. The van der Waals surface area contributed by atoms with Crippen molar-refractivity contribution in [3.63, 3.8) is 0 Å². The minimum absolute atomic E-state index is 0. The first kappa shape index (κ1) is 87.5. The van der Waals surface area contributed by atoms with Gasteiger partial charge in [0.25, 0.3) is 16.7 Å². The molecule has 0 bridgehead atoms. The number of nitrogens with two attached hydrogens (primary N) is 1. The monoisotopic (exact) mass is 1630 g/mol. The van der Waals surface area contributed by atoms with Gasteiger partial charge in [-0.25, -0.2) is 54.4 Å². The Labute approximate surface area is 665 Å². The van der Waals surface area contributed by atoms with Crippen molar-refractivity contribution >= 4 is 130 Å². The van der Waals surface area contributed by atoms with E-state index < -0.39 is 11.6 Å². The van der Waals surface area contributed by atoms with Gasteiger partial charge in [-0.15, -0.1) is 12.4 Å². The number of hydrogen-bond acceptors (Lipinski definition) is 28. The number of fused-ring (bicyclic) bond motifs is 6. The number of aromatic hydroxyl groups is 2. The highest BCUT2D eigenvalue weighted by atomic mass is 35.5. The zero-order valence-electron chi connectivity index (χ0n) is 63.4. The number of aryl methyl sites for hydroxylation is 2. The third kappa shape index (κ3) is 22.5. The van der Waals surface area contributed by atoms with E-state index in [-0.39, 0.29) is 64.0 Å². The molecular weight excluding hydrogens is 1550 g/mol. The first-order valence-corrected chi connectivity index (χ1v) is 34.5. The summed E-state index contributed by atoms with van der Waals surface area (Å²) in [5.41, 5.74) is 10.4. The molecule has 0 aliphatic carbocycles. The number of aromatic amines is 3. The normalized spacial score (nSPS) is 11.5. The molecule has 37 heteroatoms. The molecule has 113 heavy (non-hydrogen) atoms. The Hall–Kier alpha value is -12.7. The number of benzene rings is 7. The Balaban J connectivity index is 0.000000186. The van der Waals surface area contributed by atoms with E-state index in [2.05, 4.69) is 59.8 Å². The van der Waals surface area contributed by atoms with Gasteiger partial charge in [0.1, 0.15) is 57.6 Å². The van der Waals surface area contributed by atoms with E-state index in [0.717, 1.165) is 33.5 Å². The maximum Gasteiger partial charge on any atom is 0.410 e. The van der Waals surface area contributed by atoms with Crippen molar-refractivity contribution in [3.8, 4) is 69.0 Å². The number of phenolic OH excluding ortho intramolecular Hbond substituents is 2. The molecular formula is C76H80Cl4N14O19. The Morgan fingerprint density at radius 3 is 1.15 bits per heavy atom. The minimum Gasteiger partial charge on any atom is -0.504 e. The van der Waals surface area contributed by atoms with Gasteiger partial charge in [0, 0.05) is 90.6 Å². The van der Waals surface area contributed by atoms with Gasteiger partial charge in [-0.05, 0) is 82.1 Å². The number of rotatable bonds is 12. The predicted molar refractivity (Wildman–Crippen MR) is 429 cm³/mol. The van der Waals surface area contributed by atoms with Crippen LogP contribution in [-0.4, -0.2) is 181 Å². The number of phenols is 2. The van der Waals surface area contributed by atoms with Crippen molar-refractivity contribution in [2.75, 3.05) is 82.8 Å². The van der Waals surface area contributed by atoms with E-state index in [1.54, 1.807) is 68.7 Å². The van der Waals surface area contributed by atoms with Crippen LogP contribution in [0.25, 0.3) is 65.4 Å². The van der Waals surface area contributed by atoms with Crippen molar-refractivity contribution in [2.45, 2.75) is 59.2 Å². The van der Waals surface area contributed by atoms with Gasteiger partial charge in [0.2, 0.25) is 0 Å². The number of amides is 1. The van der Waals surface area contributed by atoms with Crippen LogP contribution < -0.4 is 69.8 Å². The van der Waals surface area contributed by atoms with Crippen molar-refractivity contribution < 1.29 is 77.0 Å². The summed E-state index contributed by atoms with van der Waals surface area (Å²) in [7, 11) is 13.7. The fraction of sp³-hybridized carbons (Fsp3) is 0.263. The molecule has 14 rings (SSSR count). The first-order valence-electron chi connectivity index (χ1n) is 33.4. The number of aromatic carboxylic acids is 1. The van der Waals surface area contributed by atoms with Crippen LogP contribution in [-0.2, 0) is 4.74 Å². The predicted octanol–water partition coefficient (Wildman–Crippen LogP) is 12.9. The lowest BCUT2D eigenvalue weighted by Crippen LogP contribution is -2.44. The highest BCUT2D eigenvalue weighted by Gasteiger charge is 2.29. The number of aromatic nitrogens is 12. The molecule has 0 atom stereocenters. The van der Waals surface area contributed by atoms with E-state index in [1.165, 1.54) is 111 Å². The summed E-state index contributed by atoms with van der Waals surface area (Å²) in [6.45, 7) is 10.6. The van der Waals surface area contributed by atoms with Crippen molar-refractivity contribution in [1.82, 2.24) is 64.7 Å². The summed E-state index contributed by atoms with van der Waals surface area (Å²) >= 11 is 17.9. The van der Waals surface area contributed by atoms with Gasteiger partial charge < -0.3 is 93.0 Å². The van der Waals surface area contributed by atoms with E-state index >= 15 is 0 Å². The number of H-pyrrole nitrogens is 3. The van der Waals surface area contributed by atoms with Crippen LogP contribution in [0.3, 0.4) is 0 Å². The van der Waals surface area contributed by atoms with E-state index in [9.17, 15) is 34.2 Å². The Morgan fingerprint density at radius 1 is 0.434 bits per heavy atom. The topological polar surface area (TPSA) is 440 Å². The van der Waals surface area contributed by atoms with Crippen LogP contribution in [0.15, 0.2) is 137 Å². The second kappa shape index (κ2) is 40.3. The number of methoxy groups -OCH3 is 9. The van der Waals surface area contributed by atoms with E-state index in [1.807, 2.05) is 46.8 Å². The number of ether oxygens (including phenoxy) is 11. The number of nitrogens with zero attached hydrogens (tertiary/aromatic N) is 10. The number of carboxylic acids is 1. The van der Waals surface area contributed by atoms with Gasteiger partial charge in [0.05, 0.1) is 143 Å². The minimum atomic E-state index is -1.09. The first-order chi connectivity index (χ1) is 53.5. The molecule has 0 radical (unpaired) electrons. The molecule has 33 nitrogen and oxygen atoms in total. The number of nitrogens with one attached hydrogen (secondary N) is 3. The summed E-state index contributed by atoms with van der Waals surface area (Å²) in [5.74, 6) is 4.11. The molecule has 1 aliphatic rings. The number of piperidine rings is 1. The zero-order valence-corrected chi connectivity index (χ0v) is 66.5. The molecule has 0 saturated carbocycles. The molecule has 1 amide bonds. The lowest BCUT2D eigenvalue weighted by atomic mass is 10.1. The number of nitrogen functional groups attached to an aromatic ring is 1. The summed E-state index contributed by atoms with van der Waals surface area (Å²) in [5, 5.41) is 32.4. The maximum absolute atomic E-state index is 12.2. The summed E-state index contributed by atoms with van der Waals surface area (Å²) in [6, 6.07) is 22.9. The number of anilines is 1. The molecule has 0 spiro atoms. The second-order valence-corrected chi connectivity index (χ2v) is 25.7. The van der Waals surface area contributed by atoms with Gasteiger partial charge in [-0.2, -0.15) is 0 Å². The average molecular weight is 1640 g/mol. The molecule has 7 heterocycles. The molecule has 1 fully saturated rings. The number of carbonyl (C=O) groups excluding carboxylic acids is 1. The molecule has 1 aliphatic heterocycles. The van der Waals surface area contributed by atoms with Crippen LogP contribution in [0.1, 0.15) is 55.1 Å². The lowest BCUT2D eigenvalue weighted by Gasteiger charge is -2.33. The largest absolute Gasteiger partial charge is 0.504 e. The average Bonchev–Trinajstić information content (AvgIpc) is 0.800. The molecule has 13 aromatic rings. The van der Waals surface area contributed by atoms with E-state index in [0.29, 0.717) is 142 Å². The Bertz CT molecular complexity index is 5520. The number of likely N-dealkylation sites (tertiary alicyclic amines) is 1. The van der Waals surface area contributed by atoms with Crippen LogP contribution in [0.5, 0.6) is 69.0 Å². The summed E-state index contributed by atoms with van der Waals surface area (Å²) in [6.07, 6.45) is 9.37. The van der Waals surface area contributed by atoms with Gasteiger partial charge >= 0.3 is 12.1 Å². The SMILES string of the molecule is COc1cc(N)c(C(=O)O)cc1OC.COc1cc2nc[nH]c(=O)c2cc1C.COc1cc2nc[nH]c(=O)c2cc1O.COc1cc2nc[nH]c(=O)c2cc1OC.COc1cc2ncnc(Cl)c2cc1C.COc1cc2ncnc(Cl)c2cc1O.COc1cc2ncnc(Cl)c2cc1OC1CCN(C(=O)OC(C)(C)C)CC1.Cl. The van der Waals surface area contributed by atoms with Crippen molar-refractivity contribution in [3.05, 3.63) is 186 Å². The highest BCUT2D eigenvalue weighted by molar-refractivity contribution is 6.35. The van der Waals surface area contributed by atoms with E-state index in [4.69, 9.17) is 97.7 Å². The van der Waals surface area contributed by atoms with Crippen LogP contribution in [0.2, 0.25) is 15.5 Å². The standard InChI is InChI=1S/C19H24ClN3O4.C10H9ClN2O.C10H10N2O3.C10H10N2O2.C9H7ClN2O2.C9H8N2O3.C9H11NO4.ClH/c1-19(2,3)27-18(24)23-7-5-12(6-8-23)26-16-9-13-14(10-15(16)25-4)21-11-22-17(13)20;1-6-3-7-8(4-9(6)14-2)12-5-13-10(7)11;1-14-8-3-6-7(4-9(8)15-2)11-5-12-10(6)13;1-6-3-7-8(4-9(6)14-2)11-5-12-10(7)13;1-14-8-3-6-5(2-7(8)13)9(10)12-4-11-6;1-14-8-3-6-5(2-7(8)12)9(13)11-4-10-6;1-13-7-3-5(9(11)12)6(10)4-8(7)14-2;/h9-12H,5-8H2,1-4H3;3-5H,1-2H3;3-5H,1-2H3,(H,11,12,13);3-5H,1-2H3,(H,11,12,13);2-4,13H,1H3;2-4,12H,1H3,(H,10,11,13);3-4H,10H2,1-2H3,(H,11,12);1H. The number of halogens is 4. The van der Waals surface area contributed by atoms with Crippen molar-refractivity contribution in [2.24, 2.45) is 0 Å². The van der Waals surface area contributed by atoms with Gasteiger partial charge in [0.15, 0.2) is 57.5 Å². The fourth-order valence-electron chi connectivity index (χ4n) is 10.7. The number of hydrogen-bond donors (Lipinski definition) is 7. The molecule has 1 saturated heterocycles. The fourth-order valence-corrected chi connectivity index (χ4v) is 11.3. The van der Waals surface area contributed by atoms with Crippen LogP contribution in [0, 0.1) is 13.8 Å². The molecule has 7 aromatic carbocycles. The van der Waals surface area contributed by atoms with Crippen LogP contribution in [0.4, 0.5) is 10.5 Å².